The molecule has 2 N–H and O–H groups in total. The van der Waals surface area contributed by atoms with Crippen LogP contribution in [0.1, 0.15) is 12.8 Å². The number of fused-ring (bicyclic) bond motifs is 1. The first-order valence-electron chi connectivity index (χ1n) is 8.59. The number of ether oxygens (including phenoxy) is 1. The van der Waals surface area contributed by atoms with Crippen LogP contribution in [0.5, 0.6) is 11.5 Å². The van der Waals surface area contributed by atoms with Gasteiger partial charge >= 0.3 is 0 Å². The van der Waals surface area contributed by atoms with E-state index < -0.39 is 0 Å². The molecule has 4 nitrogen and oxygen atoms in total. The Hall–Kier alpha value is -2.85. The normalized spacial score (nSPS) is 16.7. The molecule has 1 aliphatic rings. The molecule has 1 fully saturated rings. The van der Waals surface area contributed by atoms with Gasteiger partial charge in [-0.1, -0.05) is 30.3 Å². The number of hydrogen-bond acceptors (Lipinski definition) is 3. The highest BCUT2D eigenvalue weighted by atomic mass is 16.5. The van der Waals surface area contributed by atoms with Gasteiger partial charge < -0.3 is 15.4 Å². The number of amides is 1. The molecule has 1 saturated heterocycles. The van der Waals surface area contributed by atoms with Crippen LogP contribution in [0.2, 0.25) is 0 Å². The van der Waals surface area contributed by atoms with Crippen LogP contribution >= 0.6 is 0 Å². The zero-order chi connectivity index (χ0) is 17.1. The van der Waals surface area contributed by atoms with Gasteiger partial charge in [-0.05, 0) is 66.6 Å². The van der Waals surface area contributed by atoms with Crippen LogP contribution in [0.25, 0.3) is 10.8 Å². The van der Waals surface area contributed by atoms with Crippen LogP contribution in [-0.2, 0) is 4.79 Å². The molecule has 0 aromatic heterocycles. The summed E-state index contributed by atoms with van der Waals surface area (Å²) < 4.78 is 5.92. The molecule has 126 valence electrons. The predicted octanol–water partition coefficient (Wildman–Crippen LogP) is 4.32. The first kappa shape index (κ1) is 15.7. The van der Waals surface area contributed by atoms with Gasteiger partial charge in [-0.3, -0.25) is 4.79 Å². The molecule has 1 aliphatic heterocycles. The van der Waals surface area contributed by atoms with E-state index >= 15 is 0 Å². The van der Waals surface area contributed by atoms with Crippen molar-refractivity contribution in [2.75, 3.05) is 11.9 Å². The Balaban J connectivity index is 1.43. The molecule has 0 bridgehead atoms. The number of carbonyl (C=O) groups excluding carboxylic acids is 1. The number of anilines is 1. The maximum Gasteiger partial charge on any atom is 0.241 e. The van der Waals surface area contributed by atoms with Gasteiger partial charge in [0.05, 0.1) is 6.04 Å². The van der Waals surface area contributed by atoms with Gasteiger partial charge in [0.1, 0.15) is 11.5 Å². The van der Waals surface area contributed by atoms with Crippen molar-refractivity contribution in [3.8, 4) is 11.5 Å². The lowest BCUT2D eigenvalue weighted by Crippen LogP contribution is -2.35. The van der Waals surface area contributed by atoms with E-state index in [4.69, 9.17) is 4.74 Å². The summed E-state index contributed by atoms with van der Waals surface area (Å²) in [6, 6.07) is 21.6. The molecule has 1 heterocycles. The SMILES string of the molecule is O=C(Nc1ccc(Oc2ccc3ccccc3c2)cc1)[C@@H]1CCCN1. The zero-order valence-electron chi connectivity index (χ0n) is 13.9. The molecule has 0 radical (unpaired) electrons. The molecule has 25 heavy (non-hydrogen) atoms. The lowest BCUT2D eigenvalue weighted by molar-refractivity contribution is -0.117. The summed E-state index contributed by atoms with van der Waals surface area (Å²) in [4.78, 5) is 12.1. The first-order valence-corrected chi connectivity index (χ1v) is 8.59. The second-order valence-electron chi connectivity index (χ2n) is 6.27. The molecule has 0 spiro atoms. The Kier molecular flexibility index (Phi) is 4.36. The highest BCUT2D eigenvalue weighted by molar-refractivity contribution is 5.95. The molecule has 3 aromatic rings. The molecule has 1 amide bonds. The summed E-state index contributed by atoms with van der Waals surface area (Å²) in [7, 11) is 0. The van der Waals surface area contributed by atoms with E-state index in [9.17, 15) is 4.79 Å². The van der Waals surface area contributed by atoms with E-state index in [0.717, 1.165) is 42.0 Å². The van der Waals surface area contributed by atoms with Crippen molar-refractivity contribution in [1.82, 2.24) is 5.32 Å². The minimum Gasteiger partial charge on any atom is -0.457 e. The number of nitrogens with one attached hydrogen (secondary N) is 2. The average Bonchev–Trinajstić information content (AvgIpc) is 3.18. The molecule has 4 heteroatoms. The van der Waals surface area contributed by atoms with Crippen LogP contribution < -0.4 is 15.4 Å². The summed E-state index contributed by atoms with van der Waals surface area (Å²) >= 11 is 0. The highest BCUT2D eigenvalue weighted by Gasteiger charge is 2.21. The van der Waals surface area contributed by atoms with Gasteiger partial charge in [-0.15, -0.1) is 0 Å². The fourth-order valence-electron chi connectivity index (χ4n) is 3.11. The predicted molar refractivity (Wildman–Crippen MR) is 100 cm³/mol. The van der Waals surface area contributed by atoms with E-state index in [-0.39, 0.29) is 11.9 Å². The number of benzene rings is 3. The number of hydrogen-bond donors (Lipinski definition) is 2. The Morgan fingerprint density at radius 3 is 2.48 bits per heavy atom. The van der Waals surface area contributed by atoms with Crippen molar-refractivity contribution < 1.29 is 9.53 Å². The van der Waals surface area contributed by atoms with Gasteiger partial charge in [0, 0.05) is 5.69 Å². The summed E-state index contributed by atoms with van der Waals surface area (Å²) in [6.45, 7) is 0.913. The lowest BCUT2D eigenvalue weighted by atomic mass is 10.1. The third-order valence-corrected chi connectivity index (χ3v) is 4.46. The minimum atomic E-state index is -0.0754. The van der Waals surface area contributed by atoms with Crippen molar-refractivity contribution in [3.63, 3.8) is 0 Å². The highest BCUT2D eigenvalue weighted by Crippen LogP contribution is 2.26. The summed E-state index contributed by atoms with van der Waals surface area (Å²) in [5.74, 6) is 1.57. The standard InChI is InChI=1S/C21H20N2O2/c24-21(20-6-3-13-22-20)23-17-8-11-18(12-9-17)25-19-10-7-15-4-1-2-5-16(15)14-19/h1-2,4-5,7-12,14,20,22H,3,6,13H2,(H,23,24)/t20-/m0/s1. The van der Waals surface area contributed by atoms with Crippen LogP contribution in [0.3, 0.4) is 0 Å². The molecule has 0 unspecified atom stereocenters. The molecule has 0 saturated carbocycles. The van der Waals surface area contributed by atoms with E-state index in [1.54, 1.807) is 0 Å². The van der Waals surface area contributed by atoms with Crippen molar-refractivity contribution in [2.45, 2.75) is 18.9 Å². The maximum absolute atomic E-state index is 12.1. The monoisotopic (exact) mass is 332 g/mol. The van der Waals surface area contributed by atoms with Crippen LogP contribution in [-0.4, -0.2) is 18.5 Å². The second kappa shape index (κ2) is 6.95. The fourth-order valence-corrected chi connectivity index (χ4v) is 3.11. The Morgan fingerprint density at radius 2 is 1.72 bits per heavy atom. The average molecular weight is 332 g/mol. The van der Waals surface area contributed by atoms with Crippen LogP contribution in [0.15, 0.2) is 66.7 Å². The quantitative estimate of drug-likeness (QED) is 0.748. The number of carbonyl (C=O) groups is 1. The van der Waals surface area contributed by atoms with E-state index in [1.807, 2.05) is 54.6 Å². The largest absolute Gasteiger partial charge is 0.457 e. The number of rotatable bonds is 4. The smallest absolute Gasteiger partial charge is 0.241 e. The van der Waals surface area contributed by atoms with E-state index in [0.29, 0.717) is 0 Å². The Morgan fingerprint density at radius 1 is 0.960 bits per heavy atom. The molecule has 4 rings (SSSR count). The van der Waals surface area contributed by atoms with Gasteiger partial charge in [0.25, 0.3) is 0 Å². The van der Waals surface area contributed by atoms with Crippen molar-refractivity contribution in [2.24, 2.45) is 0 Å². The molecular weight excluding hydrogens is 312 g/mol. The third-order valence-electron chi connectivity index (χ3n) is 4.46. The Bertz CT molecular complexity index is 884. The molecule has 3 aromatic carbocycles. The Labute approximate surface area is 146 Å². The lowest BCUT2D eigenvalue weighted by Gasteiger charge is -2.12. The minimum absolute atomic E-state index is 0.0284. The van der Waals surface area contributed by atoms with Gasteiger partial charge in [0.15, 0.2) is 0 Å². The molecule has 1 atom stereocenters. The van der Waals surface area contributed by atoms with Crippen molar-refractivity contribution in [3.05, 3.63) is 66.7 Å². The van der Waals surface area contributed by atoms with Crippen molar-refractivity contribution in [1.29, 1.82) is 0 Å². The topological polar surface area (TPSA) is 50.4 Å². The van der Waals surface area contributed by atoms with E-state index in [1.165, 1.54) is 5.39 Å². The summed E-state index contributed by atoms with van der Waals surface area (Å²) in [5, 5.41) is 8.48. The van der Waals surface area contributed by atoms with Crippen LogP contribution in [0.4, 0.5) is 5.69 Å². The van der Waals surface area contributed by atoms with E-state index in [2.05, 4.69) is 22.8 Å². The molecular formula is C21H20N2O2. The summed E-state index contributed by atoms with van der Waals surface area (Å²) in [5.41, 5.74) is 0.782. The summed E-state index contributed by atoms with van der Waals surface area (Å²) in [6.07, 6.45) is 1.95. The fraction of sp³-hybridized carbons (Fsp3) is 0.190. The van der Waals surface area contributed by atoms with Gasteiger partial charge in [-0.25, -0.2) is 0 Å². The molecule has 0 aliphatic carbocycles. The van der Waals surface area contributed by atoms with Crippen molar-refractivity contribution >= 4 is 22.4 Å². The maximum atomic E-state index is 12.1. The zero-order valence-corrected chi connectivity index (χ0v) is 13.9. The van der Waals surface area contributed by atoms with Gasteiger partial charge in [0.2, 0.25) is 5.91 Å². The second-order valence-corrected chi connectivity index (χ2v) is 6.27. The first-order chi connectivity index (χ1) is 12.3. The van der Waals surface area contributed by atoms with Crippen LogP contribution in [0, 0.1) is 0 Å². The third kappa shape index (κ3) is 3.64. The van der Waals surface area contributed by atoms with Gasteiger partial charge in [-0.2, -0.15) is 0 Å².